The smallest absolute Gasteiger partial charge is 0.305 e. The van der Waals surface area contributed by atoms with E-state index in [0.29, 0.717) is 23.8 Å². The molecule has 3 aromatic rings. The third-order valence-corrected chi connectivity index (χ3v) is 5.03. The van der Waals surface area contributed by atoms with Gasteiger partial charge in [-0.05, 0) is 59.7 Å². The molecule has 3 aromatic carbocycles. The largest absolute Gasteiger partial charge is 0.497 e. The van der Waals surface area contributed by atoms with E-state index >= 15 is 0 Å². The highest BCUT2D eigenvalue weighted by Crippen LogP contribution is 2.20. The van der Waals surface area contributed by atoms with Crippen LogP contribution in [-0.2, 0) is 16.2 Å². The summed E-state index contributed by atoms with van der Waals surface area (Å²) in [5.74, 6) is 1.20. The van der Waals surface area contributed by atoms with Crippen LogP contribution >= 0.6 is 0 Å². The zero-order valence-electron chi connectivity index (χ0n) is 19.1. The number of hydrogen-bond donors (Lipinski definition) is 2. The first-order valence-corrected chi connectivity index (χ1v) is 10.6. The fourth-order valence-electron chi connectivity index (χ4n) is 3.17. The van der Waals surface area contributed by atoms with Crippen molar-refractivity contribution in [3.8, 4) is 17.2 Å². The Morgan fingerprint density at radius 2 is 1.47 bits per heavy atom. The minimum absolute atomic E-state index is 0.118. The summed E-state index contributed by atoms with van der Waals surface area (Å²) in [6, 6.07) is 21.7. The van der Waals surface area contributed by atoms with Gasteiger partial charge in [0.15, 0.2) is 0 Å². The molecule has 0 heterocycles. The van der Waals surface area contributed by atoms with Gasteiger partial charge in [0.05, 0.1) is 13.5 Å². The number of hydrogen-bond acceptors (Lipinski definition) is 7. The number of nitrogens with two attached hydrogens (primary N) is 1. The van der Waals surface area contributed by atoms with Gasteiger partial charge < -0.3 is 29.9 Å². The van der Waals surface area contributed by atoms with E-state index in [0.717, 1.165) is 22.4 Å². The van der Waals surface area contributed by atoms with Crippen molar-refractivity contribution in [1.29, 1.82) is 0 Å². The molecule has 0 fully saturated rings. The van der Waals surface area contributed by atoms with Crippen LogP contribution in [0.1, 0.15) is 29.2 Å². The first-order chi connectivity index (χ1) is 16.5. The normalized spacial score (nSPS) is 12.0. The molecule has 1 unspecified atom stereocenters. The van der Waals surface area contributed by atoms with E-state index in [1.165, 1.54) is 7.11 Å². The second-order valence-electron chi connectivity index (χ2n) is 7.44. The lowest BCUT2D eigenvalue weighted by molar-refractivity contribution is -0.137. The molecule has 0 aliphatic rings. The Hall–Kier alpha value is -4.04. The van der Waals surface area contributed by atoms with Crippen molar-refractivity contribution >= 4 is 11.7 Å². The Morgan fingerprint density at radius 1 is 0.882 bits per heavy atom. The number of carboxylic acids is 1. The summed E-state index contributed by atoms with van der Waals surface area (Å²) < 4.78 is 16.9. The number of oxime groups is 1. The maximum Gasteiger partial charge on any atom is 0.305 e. The van der Waals surface area contributed by atoms with Gasteiger partial charge in [-0.25, -0.2) is 0 Å². The number of aliphatic carboxylic acids is 1. The maximum absolute atomic E-state index is 10.8. The SMILES string of the molecule is CO/N=C(\COc1ccc(COc2ccc(C(N)CC(=O)O)cc2)cc1)c1ccc(OC)cc1. The van der Waals surface area contributed by atoms with E-state index in [1.54, 1.807) is 31.4 Å². The average Bonchev–Trinajstić information content (AvgIpc) is 2.86. The molecule has 0 saturated carbocycles. The molecule has 0 bridgehead atoms. The lowest BCUT2D eigenvalue weighted by Crippen LogP contribution is -2.14. The Labute approximate surface area is 198 Å². The van der Waals surface area contributed by atoms with Crippen molar-refractivity contribution in [1.82, 2.24) is 0 Å². The van der Waals surface area contributed by atoms with Gasteiger partial charge in [0, 0.05) is 11.6 Å². The summed E-state index contributed by atoms with van der Waals surface area (Å²) in [6.45, 7) is 0.620. The van der Waals surface area contributed by atoms with Crippen LogP contribution in [0.25, 0.3) is 0 Å². The maximum atomic E-state index is 10.8. The van der Waals surface area contributed by atoms with E-state index in [9.17, 15) is 4.79 Å². The van der Waals surface area contributed by atoms with Gasteiger partial charge in [-0.15, -0.1) is 0 Å². The molecule has 8 heteroatoms. The van der Waals surface area contributed by atoms with Gasteiger partial charge in [-0.2, -0.15) is 0 Å². The second kappa shape index (κ2) is 12.3. The Balaban J connectivity index is 1.52. The van der Waals surface area contributed by atoms with Gasteiger partial charge in [-0.3, -0.25) is 4.79 Å². The fourth-order valence-corrected chi connectivity index (χ4v) is 3.17. The molecular formula is C26H28N2O6. The third kappa shape index (κ3) is 7.25. The van der Waals surface area contributed by atoms with E-state index in [1.807, 2.05) is 48.5 Å². The molecule has 8 nitrogen and oxygen atoms in total. The summed E-state index contributed by atoms with van der Waals surface area (Å²) >= 11 is 0. The number of carboxylic acid groups (broad SMARTS) is 1. The predicted octanol–water partition coefficient (Wildman–Crippen LogP) is 4.18. The van der Waals surface area contributed by atoms with Crippen LogP contribution in [-0.4, -0.2) is 37.6 Å². The molecular weight excluding hydrogens is 436 g/mol. The Kier molecular flexibility index (Phi) is 8.88. The quantitative estimate of drug-likeness (QED) is 0.305. The number of nitrogens with zero attached hydrogens (tertiary/aromatic N) is 1. The van der Waals surface area contributed by atoms with Crippen LogP contribution in [0.15, 0.2) is 78.0 Å². The highest BCUT2D eigenvalue weighted by Gasteiger charge is 2.11. The van der Waals surface area contributed by atoms with E-state index in [2.05, 4.69) is 5.16 Å². The first-order valence-electron chi connectivity index (χ1n) is 10.6. The second-order valence-corrected chi connectivity index (χ2v) is 7.44. The molecule has 3 N–H and O–H groups in total. The van der Waals surface area contributed by atoms with Crippen LogP contribution in [0.3, 0.4) is 0 Å². The lowest BCUT2D eigenvalue weighted by Gasteiger charge is -2.12. The molecule has 0 saturated heterocycles. The monoisotopic (exact) mass is 464 g/mol. The average molecular weight is 465 g/mol. The van der Waals surface area contributed by atoms with Gasteiger partial charge in [0.1, 0.15) is 43.3 Å². The first kappa shape index (κ1) is 24.6. The number of benzene rings is 3. The van der Waals surface area contributed by atoms with Crippen molar-refractivity contribution in [2.75, 3.05) is 20.8 Å². The van der Waals surface area contributed by atoms with Gasteiger partial charge in [-0.1, -0.05) is 29.4 Å². The van der Waals surface area contributed by atoms with Crippen LogP contribution in [0.2, 0.25) is 0 Å². The zero-order chi connectivity index (χ0) is 24.3. The number of rotatable bonds is 12. The van der Waals surface area contributed by atoms with Crippen LogP contribution in [0.4, 0.5) is 0 Å². The van der Waals surface area contributed by atoms with E-state index in [4.69, 9.17) is 29.9 Å². The molecule has 178 valence electrons. The highest BCUT2D eigenvalue weighted by molar-refractivity contribution is 6.01. The van der Waals surface area contributed by atoms with Crippen LogP contribution in [0.5, 0.6) is 17.2 Å². The molecule has 0 spiro atoms. The predicted molar refractivity (Wildman–Crippen MR) is 128 cm³/mol. The lowest BCUT2D eigenvalue weighted by atomic mass is 10.0. The van der Waals surface area contributed by atoms with Crippen molar-refractivity contribution in [2.45, 2.75) is 19.1 Å². The van der Waals surface area contributed by atoms with Crippen LogP contribution in [0, 0.1) is 0 Å². The number of carbonyl (C=O) groups is 1. The zero-order valence-corrected chi connectivity index (χ0v) is 19.1. The van der Waals surface area contributed by atoms with Gasteiger partial charge >= 0.3 is 5.97 Å². The van der Waals surface area contributed by atoms with E-state index in [-0.39, 0.29) is 13.0 Å². The van der Waals surface area contributed by atoms with Crippen molar-refractivity contribution in [3.63, 3.8) is 0 Å². The van der Waals surface area contributed by atoms with E-state index < -0.39 is 12.0 Å². The molecule has 1 atom stereocenters. The van der Waals surface area contributed by atoms with Crippen LogP contribution < -0.4 is 19.9 Å². The van der Waals surface area contributed by atoms with Gasteiger partial charge in [0.25, 0.3) is 0 Å². The van der Waals surface area contributed by atoms with Crippen molar-refractivity contribution in [3.05, 3.63) is 89.5 Å². The summed E-state index contributed by atoms with van der Waals surface area (Å²) in [5, 5.41) is 12.9. The highest BCUT2D eigenvalue weighted by atomic mass is 16.6. The Morgan fingerprint density at radius 3 is 2.06 bits per heavy atom. The molecule has 0 aliphatic heterocycles. The van der Waals surface area contributed by atoms with Gasteiger partial charge in [0.2, 0.25) is 0 Å². The molecule has 0 aliphatic carbocycles. The third-order valence-electron chi connectivity index (χ3n) is 5.03. The summed E-state index contributed by atoms with van der Waals surface area (Å²) in [6.07, 6.45) is -0.118. The molecule has 0 radical (unpaired) electrons. The molecule has 3 rings (SSSR count). The minimum Gasteiger partial charge on any atom is -0.497 e. The Bertz CT molecular complexity index is 1080. The molecule has 34 heavy (non-hydrogen) atoms. The van der Waals surface area contributed by atoms with Crippen molar-refractivity contribution < 1.29 is 28.9 Å². The summed E-state index contributed by atoms with van der Waals surface area (Å²) in [4.78, 5) is 15.8. The van der Waals surface area contributed by atoms with Crippen molar-refractivity contribution in [2.24, 2.45) is 10.9 Å². The minimum atomic E-state index is -0.928. The number of methoxy groups -OCH3 is 1. The summed E-state index contributed by atoms with van der Waals surface area (Å²) in [7, 11) is 3.11. The number of ether oxygens (including phenoxy) is 3. The summed E-state index contributed by atoms with van der Waals surface area (Å²) in [5.41, 5.74) is 9.14. The fraction of sp³-hybridized carbons (Fsp3) is 0.231. The standard InChI is InChI=1S/C26H28N2O6/c1-31-21-11-7-20(8-12-21)25(28-32-2)17-34-22-9-3-18(4-10-22)16-33-23-13-5-19(6-14-23)24(27)15-26(29)30/h3-14,24H,15-17,27H2,1-2H3,(H,29,30)/b28-25+. The molecule has 0 amide bonds. The molecule has 0 aromatic heterocycles. The topological polar surface area (TPSA) is 113 Å².